The van der Waals surface area contributed by atoms with Crippen LogP contribution >= 0.6 is 11.3 Å². The molecule has 0 bridgehead atoms. The van der Waals surface area contributed by atoms with Crippen LogP contribution in [0.3, 0.4) is 0 Å². The lowest BCUT2D eigenvalue weighted by molar-refractivity contribution is 0.0390. The Kier molecular flexibility index (Phi) is 6.69. The Balaban J connectivity index is 1.62. The molecule has 0 spiro atoms. The van der Waals surface area contributed by atoms with Crippen molar-refractivity contribution in [1.82, 2.24) is 15.3 Å². The summed E-state index contributed by atoms with van der Waals surface area (Å²) in [6.07, 6.45) is 0.361. The molecule has 2 aromatic heterocycles. The van der Waals surface area contributed by atoms with Crippen molar-refractivity contribution in [3.63, 3.8) is 0 Å². The average molecular weight is 454 g/mol. The summed E-state index contributed by atoms with van der Waals surface area (Å²) in [5.41, 5.74) is 1.20. The second-order valence-electron chi connectivity index (χ2n) is 7.71. The first-order valence-electron chi connectivity index (χ1n) is 10.5. The minimum absolute atomic E-state index is 0.147. The summed E-state index contributed by atoms with van der Waals surface area (Å²) < 4.78 is 6.22. The zero-order valence-electron chi connectivity index (χ0n) is 18.4. The lowest BCUT2D eigenvalue weighted by Crippen LogP contribution is -2.34. The summed E-state index contributed by atoms with van der Waals surface area (Å²) in [6.45, 7) is 3.36. The molecule has 0 saturated carbocycles. The van der Waals surface area contributed by atoms with Crippen LogP contribution in [0.2, 0.25) is 0 Å². The molecule has 0 radical (unpaired) electrons. The van der Waals surface area contributed by atoms with Crippen LogP contribution in [0.25, 0.3) is 0 Å². The number of fused-ring (bicyclic) bond motifs is 1. The van der Waals surface area contributed by atoms with Crippen molar-refractivity contribution < 1.29 is 14.6 Å². The Morgan fingerprint density at radius 3 is 2.88 bits per heavy atom. The van der Waals surface area contributed by atoms with Gasteiger partial charge in [0.25, 0.3) is 5.91 Å². The smallest absolute Gasteiger partial charge is 0.263 e. The number of rotatable bonds is 7. The van der Waals surface area contributed by atoms with Gasteiger partial charge in [-0.25, -0.2) is 9.97 Å². The zero-order valence-corrected chi connectivity index (χ0v) is 19.2. The number of amides is 1. The van der Waals surface area contributed by atoms with Crippen molar-refractivity contribution in [3.8, 4) is 5.75 Å². The molecule has 1 aliphatic rings. The van der Waals surface area contributed by atoms with Crippen LogP contribution in [-0.2, 0) is 0 Å². The van der Waals surface area contributed by atoms with Gasteiger partial charge in [0.05, 0.1) is 0 Å². The van der Waals surface area contributed by atoms with Crippen LogP contribution in [-0.4, -0.2) is 60.8 Å². The van der Waals surface area contributed by atoms with Crippen LogP contribution in [0.5, 0.6) is 5.75 Å². The number of hydrogen-bond donors (Lipinski definition) is 2. The van der Waals surface area contributed by atoms with Gasteiger partial charge < -0.3 is 25.0 Å². The molecule has 1 amide bonds. The summed E-state index contributed by atoms with van der Waals surface area (Å²) in [7, 11) is 3.72. The van der Waals surface area contributed by atoms with E-state index in [1.807, 2.05) is 60.6 Å². The third kappa shape index (κ3) is 4.59. The molecule has 1 aliphatic heterocycles. The Morgan fingerprint density at radius 2 is 2.12 bits per heavy atom. The largest absolute Gasteiger partial charge is 0.482 e. The van der Waals surface area contributed by atoms with E-state index in [0.717, 1.165) is 10.6 Å². The Hall–Kier alpha value is -3.01. The van der Waals surface area contributed by atoms with Gasteiger partial charge in [-0.3, -0.25) is 4.79 Å². The van der Waals surface area contributed by atoms with Gasteiger partial charge in [0.2, 0.25) is 0 Å². The molecule has 3 aromatic rings. The summed E-state index contributed by atoms with van der Waals surface area (Å²) in [5.74, 6) is 1.71. The number of aromatic nitrogens is 2. The topological polar surface area (TPSA) is 90.8 Å². The number of anilines is 2. The molecule has 1 unspecified atom stereocenters. The second kappa shape index (κ2) is 9.64. The van der Waals surface area contributed by atoms with Gasteiger partial charge in [0, 0.05) is 49.5 Å². The summed E-state index contributed by atoms with van der Waals surface area (Å²) >= 11 is 1.54. The van der Waals surface area contributed by atoms with Crippen molar-refractivity contribution in [2.75, 3.05) is 43.5 Å². The monoisotopic (exact) mass is 453 g/mol. The third-order valence-corrected chi connectivity index (χ3v) is 6.30. The van der Waals surface area contributed by atoms with Gasteiger partial charge in [-0.1, -0.05) is 12.1 Å². The highest BCUT2D eigenvalue weighted by molar-refractivity contribution is 7.10. The number of benzene rings is 1. The number of carbonyl (C=O) groups excluding carboxylic acids is 1. The summed E-state index contributed by atoms with van der Waals surface area (Å²) in [4.78, 5) is 26.7. The fourth-order valence-corrected chi connectivity index (χ4v) is 4.53. The Morgan fingerprint density at radius 1 is 1.28 bits per heavy atom. The SMILES string of the molecule is CNCC(O)[C@@H](Oc1cccc(N2CCN(C)c3nc(C)ncc3C2=O)c1)c1cccs1. The predicted molar refractivity (Wildman–Crippen MR) is 126 cm³/mol. The average Bonchev–Trinajstić information content (AvgIpc) is 3.28. The highest BCUT2D eigenvalue weighted by Crippen LogP contribution is 2.32. The highest BCUT2D eigenvalue weighted by Gasteiger charge is 2.28. The van der Waals surface area contributed by atoms with Crippen LogP contribution in [0.4, 0.5) is 11.5 Å². The Labute approximate surface area is 191 Å². The van der Waals surface area contributed by atoms with Crippen molar-refractivity contribution in [1.29, 1.82) is 0 Å². The number of likely N-dealkylation sites (N-methyl/N-ethyl adjacent to an activating group) is 2. The fourth-order valence-electron chi connectivity index (χ4n) is 3.72. The summed E-state index contributed by atoms with van der Waals surface area (Å²) in [6, 6.07) is 11.3. The quantitative estimate of drug-likeness (QED) is 0.568. The van der Waals surface area contributed by atoms with Crippen molar-refractivity contribution in [2.24, 2.45) is 0 Å². The number of aryl methyl sites for hydroxylation is 1. The molecular formula is C23H27N5O3S. The molecule has 2 N–H and O–H groups in total. The fraction of sp³-hybridized carbons (Fsp3) is 0.348. The molecule has 4 rings (SSSR count). The normalized spacial score (nSPS) is 15.8. The van der Waals surface area contributed by atoms with E-state index in [-0.39, 0.29) is 5.91 Å². The third-order valence-electron chi connectivity index (χ3n) is 5.36. The molecule has 0 aliphatic carbocycles. The second-order valence-corrected chi connectivity index (χ2v) is 8.69. The molecule has 1 aromatic carbocycles. The lowest BCUT2D eigenvalue weighted by Gasteiger charge is -2.25. The number of hydrogen-bond acceptors (Lipinski definition) is 8. The van der Waals surface area contributed by atoms with Crippen LogP contribution in [0.1, 0.15) is 27.2 Å². The molecule has 0 saturated heterocycles. The molecule has 32 heavy (non-hydrogen) atoms. The maximum absolute atomic E-state index is 13.3. The maximum atomic E-state index is 13.3. The molecule has 2 atom stereocenters. The molecule has 8 nitrogen and oxygen atoms in total. The van der Waals surface area contributed by atoms with E-state index in [1.54, 1.807) is 18.1 Å². The number of nitrogens with zero attached hydrogens (tertiary/aromatic N) is 4. The minimum Gasteiger partial charge on any atom is -0.482 e. The summed E-state index contributed by atoms with van der Waals surface area (Å²) in [5, 5.41) is 15.6. The Bertz CT molecular complexity index is 1080. The molecule has 168 valence electrons. The number of ether oxygens (including phenoxy) is 1. The first-order chi connectivity index (χ1) is 15.5. The van der Waals surface area contributed by atoms with E-state index in [0.29, 0.717) is 42.6 Å². The molecule has 0 fully saturated rings. The number of aliphatic hydroxyl groups excluding tert-OH is 1. The van der Waals surface area contributed by atoms with Crippen LogP contribution in [0, 0.1) is 6.92 Å². The van der Waals surface area contributed by atoms with E-state index < -0.39 is 12.2 Å². The molecule has 3 heterocycles. The van der Waals surface area contributed by atoms with Gasteiger partial charge in [0.15, 0.2) is 6.10 Å². The number of carbonyl (C=O) groups is 1. The van der Waals surface area contributed by atoms with Crippen LogP contribution in [0.15, 0.2) is 48.0 Å². The first kappa shape index (κ1) is 22.2. The van der Waals surface area contributed by atoms with E-state index in [2.05, 4.69) is 15.3 Å². The van der Waals surface area contributed by atoms with Gasteiger partial charge >= 0.3 is 0 Å². The highest BCUT2D eigenvalue weighted by atomic mass is 32.1. The molecule has 9 heteroatoms. The number of aliphatic hydroxyl groups is 1. The van der Waals surface area contributed by atoms with Gasteiger partial charge in [-0.2, -0.15) is 0 Å². The van der Waals surface area contributed by atoms with E-state index in [9.17, 15) is 9.90 Å². The first-order valence-corrected chi connectivity index (χ1v) is 11.4. The van der Waals surface area contributed by atoms with Gasteiger partial charge in [-0.05, 0) is 37.6 Å². The van der Waals surface area contributed by atoms with E-state index >= 15 is 0 Å². The standard InChI is InChI=1S/C23H27N5O3S/c1-15-25-13-18-22(26-15)27(3)9-10-28(23(18)30)16-6-4-7-17(12-16)31-21(19(29)14-24-2)20-8-5-11-32-20/h4-8,11-13,19,21,24,29H,9-10,14H2,1-3H3/t19?,21-/m1/s1. The predicted octanol–water partition coefficient (Wildman–Crippen LogP) is 2.64. The van der Waals surface area contributed by atoms with E-state index in [4.69, 9.17) is 4.74 Å². The van der Waals surface area contributed by atoms with E-state index in [1.165, 1.54) is 11.3 Å². The number of thiophene rings is 1. The maximum Gasteiger partial charge on any atom is 0.263 e. The zero-order chi connectivity index (χ0) is 22.7. The van der Waals surface area contributed by atoms with Crippen molar-refractivity contribution in [3.05, 3.63) is 64.2 Å². The van der Waals surface area contributed by atoms with Gasteiger partial charge in [-0.15, -0.1) is 11.3 Å². The van der Waals surface area contributed by atoms with Gasteiger partial charge in [0.1, 0.15) is 29.1 Å². The van der Waals surface area contributed by atoms with Crippen molar-refractivity contribution in [2.45, 2.75) is 19.1 Å². The van der Waals surface area contributed by atoms with Crippen LogP contribution < -0.4 is 19.9 Å². The molecular weight excluding hydrogens is 426 g/mol. The minimum atomic E-state index is -0.719. The van der Waals surface area contributed by atoms with Crippen molar-refractivity contribution >= 4 is 28.7 Å². The lowest BCUT2D eigenvalue weighted by atomic mass is 10.1. The number of nitrogens with one attached hydrogen (secondary N) is 1.